The van der Waals surface area contributed by atoms with Gasteiger partial charge in [-0.05, 0) is 37.5 Å². The topological polar surface area (TPSA) is 66.8 Å². The summed E-state index contributed by atoms with van der Waals surface area (Å²) in [4.78, 5) is 22.0. The molecule has 1 aliphatic rings. The van der Waals surface area contributed by atoms with Crippen LogP contribution >= 0.6 is 0 Å². The van der Waals surface area contributed by atoms with E-state index in [0.717, 1.165) is 19.3 Å². The quantitative estimate of drug-likeness (QED) is 0.804. The van der Waals surface area contributed by atoms with E-state index in [2.05, 4.69) is 15.1 Å². The minimum Gasteiger partial charge on any atom is -0.344 e. The number of carbonyl (C=O) groups is 1. The van der Waals surface area contributed by atoms with Crippen LogP contribution in [-0.2, 0) is 6.54 Å². The third kappa shape index (κ3) is 2.66. The monoisotopic (exact) mass is 327 g/mol. The maximum absolute atomic E-state index is 13.9. The van der Waals surface area contributed by atoms with Gasteiger partial charge >= 0.3 is 0 Å². The molecule has 1 atom stereocenters. The van der Waals surface area contributed by atoms with Crippen molar-refractivity contribution < 1.29 is 9.18 Å². The summed E-state index contributed by atoms with van der Waals surface area (Å²) in [5, 5.41) is 4.23. The highest BCUT2D eigenvalue weighted by Gasteiger charge is 2.29. The van der Waals surface area contributed by atoms with E-state index in [1.165, 1.54) is 18.5 Å². The average molecular weight is 327 g/mol. The fourth-order valence-electron chi connectivity index (χ4n) is 3.41. The van der Waals surface area contributed by atoms with Crippen molar-refractivity contribution in [3.05, 3.63) is 48.3 Å². The van der Waals surface area contributed by atoms with Gasteiger partial charge < -0.3 is 9.88 Å². The van der Waals surface area contributed by atoms with Gasteiger partial charge in [0.05, 0.1) is 30.0 Å². The Bertz CT molecular complexity index is 857. The number of imidazole rings is 1. The number of aromatic nitrogens is 4. The van der Waals surface area contributed by atoms with Crippen molar-refractivity contribution in [2.75, 3.05) is 6.54 Å². The van der Waals surface area contributed by atoms with Gasteiger partial charge in [0.15, 0.2) is 0 Å². The van der Waals surface area contributed by atoms with Crippen molar-refractivity contribution in [1.29, 1.82) is 0 Å². The second-order valence-electron chi connectivity index (χ2n) is 6.13. The van der Waals surface area contributed by atoms with Crippen molar-refractivity contribution in [1.82, 2.24) is 24.6 Å². The summed E-state index contributed by atoms with van der Waals surface area (Å²) in [7, 11) is 0. The number of hydrogen-bond acceptors (Lipinski definition) is 3. The first-order valence-electron chi connectivity index (χ1n) is 8.13. The van der Waals surface area contributed by atoms with Crippen LogP contribution in [0.2, 0.25) is 0 Å². The standard InChI is InChI=1S/C17H18FN5O/c18-12-8-14(16-15(9-12)19-11-20-16)17(24)23-7-2-1-4-13(23)10-22-6-3-5-21-22/h3,5-6,8-9,11,13H,1-2,4,7,10H2,(H,19,20)/t13-/m0/s1. The number of fused-ring (bicyclic) bond motifs is 1. The molecule has 1 saturated heterocycles. The van der Waals surface area contributed by atoms with E-state index in [4.69, 9.17) is 0 Å². The van der Waals surface area contributed by atoms with Gasteiger partial charge in [-0.15, -0.1) is 0 Å². The molecule has 0 bridgehead atoms. The van der Waals surface area contributed by atoms with Crippen LogP contribution in [0.5, 0.6) is 0 Å². The Balaban J connectivity index is 1.66. The van der Waals surface area contributed by atoms with Crippen molar-refractivity contribution >= 4 is 16.9 Å². The molecule has 6 nitrogen and oxygen atoms in total. The van der Waals surface area contributed by atoms with Gasteiger partial charge in [-0.25, -0.2) is 9.37 Å². The van der Waals surface area contributed by atoms with Gasteiger partial charge in [-0.3, -0.25) is 9.48 Å². The molecule has 0 unspecified atom stereocenters. The molecular formula is C17H18FN5O. The molecule has 3 aromatic rings. The molecule has 0 radical (unpaired) electrons. The van der Waals surface area contributed by atoms with E-state index >= 15 is 0 Å². The Labute approximate surface area is 138 Å². The van der Waals surface area contributed by atoms with Gasteiger partial charge in [0.25, 0.3) is 5.91 Å². The second-order valence-corrected chi connectivity index (χ2v) is 6.13. The molecule has 1 aliphatic heterocycles. The number of nitrogens with one attached hydrogen (secondary N) is 1. The van der Waals surface area contributed by atoms with E-state index < -0.39 is 5.82 Å². The first-order valence-corrected chi connectivity index (χ1v) is 8.13. The molecule has 0 saturated carbocycles. The summed E-state index contributed by atoms with van der Waals surface area (Å²) < 4.78 is 15.7. The number of amides is 1. The number of piperidine rings is 1. The highest BCUT2D eigenvalue weighted by Crippen LogP contribution is 2.24. The average Bonchev–Trinajstić information content (AvgIpc) is 3.25. The zero-order valence-electron chi connectivity index (χ0n) is 13.2. The van der Waals surface area contributed by atoms with Gasteiger partial charge in [0.2, 0.25) is 0 Å². The lowest BCUT2D eigenvalue weighted by atomic mass is 10.00. The zero-order valence-corrected chi connectivity index (χ0v) is 13.2. The van der Waals surface area contributed by atoms with Crippen molar-refractivity contribution in [3.8, 4) is 0 Å². The fourth-order valence-corrected chi connectivity index (χ4v) is 3.41. The van der Waals surface area contributed by atoms with Crippen LogP contribution in [0.25, 0.3) is 11.0 Å². The van der Waals surface area contributed by atoms with Gasteiger partial charge in [-0.2, -0.15) is 5.10 Å². The van der Waals surface area contributed by atoms with Gasteiger partial charge in [0, 0.05) is 18.9 Å². The molecule has 24 heavy (non-hydrogen) atoms. The molecule has 124 valence electrons. The van der Waals surface area contributed by atoms with Crippen LogP contribution in [0.3, 0.4) is 0 Å². The predicted octanol–water partition coefficient (Wildman–Crippen LogP) is 2.59. The number of rotatable bonds is 3. The lowest BCUT2D eigenvalue weighted by Crippen LogP contribution is -2.46. The molecule has 4 rings (SSSR count). The largest absolute Gasteiger partial charge is 0.344 e. The molecule has 1 N–H and O–H groups in total. The van der Waals surface area contributed by atoms with Crippen LogP contribution < -0.4 is 0 Å². The maximum Gasteiger partial charge on any atom is 0.256 e. The summed E-state index contributed by atoms with van der Waals surface area (Å²) in [6.45, 7) is 1.32. The smallest absolute Gasteiger partial charge is 0.256 e. The maximum atomic E-state index is 13.9. The van der Waals surface area contributed by atoms with Crippen LogP contribution in [0.1, 0.15) is 29.6 Å². The summed E-state index contributed by atoms with van der Waals surface area (Å²) in [6, 6.07) is 4.57. The zero-order chi connectivity index (χ0) is 16.5. The van der Waals surface area contributed by atoms with Crippen LogP contribution in [0, 0.1) is 5.82 Å². The Morgan fingerprint density at radius 3 is 3.12 bits per heavy atom. The van der Waals surface area contributed by atoms with Gasteiger partial charge in [0.1, 0.15) is 11.3 Å². The third-order valence-corrected chi connectivity index (χ3v) is 4.56. The summed E-state index contributed by atoms with van der Waals surface area (Å²) >= 11 is 0. The minimum atomic E-state index is -0.435. The van der Waals surface area contributed by atoms with Crippen molar-refractivity contribution in [2.45, 2.75) is 31.8 Å². The molecule has 1 fully saturated rings. The number of benzene rings is 1. The van der Waals surface area contributed by atoms with E-state index in [1.807, 2.05) is 21.8 Å². The van der Waals surface area contributed by atoms with Crippen LogP contribution in [0.15, 0.2) is 36.9 Å². The molecule has 1 aromatic carbocycles. The molecular weight excluding hydrogens is 309 g/mol. The van der Waals surface area contributed by atoms with E-state index in [-0.39, 0.29) is 11.9 Å². The number of nitrogens with zero attached hydrogens (tertiary/aromatic N) is 4. The third-order valence-electron chi connectivity index (χ3n) is 4.56. The summed E-state index contributed by atoms with van der Waals surface area (Å²) in [5.74, 6) is -0.598. The summed E-state index contributed by atoms with van der Waals surface area (Å²) in [6.07, 6.45) is 8.07. The minimum absolute atomic E-state index is 0.0587. The molecule has 0 spiro atoms. The molecule has 3 heterocycles. The number of halogens is 1. The fraction of sp³-hybridized carbons (Fsp3) is 0.353. The van der Waals surface area contributed by atoms with Crippen molar-refractivity contribution in [2.24, 2.45) is 0 Å². The number of likely N-dealkylation sites (tertiary alicyclic amines) is 1. The summed E-state index contributed by atoms with van der Waals surface area (Å²) in [5.41, 5.74) is 1.38. The SMILES string of the molecule is O=C(c1cc(F)cc2[nH]cnc12)N1CCCC[C@H]1Cn1cccn1. The lowest BCUT2D eigenvalue weighted by Gasteiger charge is -2.35. The molecule has 2 aromatic heterocycles. The van der Waals surface area contributed by atoms with Crippen LogP contribution in [-0.4, -0.2) is 43.1 Å². The second kappa shape index (κ2) is 6.07. The number of carbonyl (C=O) groups excluding carboxylic acids is 1. The highest BCUT2D eigenvalue weighted by atomic mass is 19.1. The van der Waals surface area contributed by atoms with E-state index in [1.54, 1.807) is 6.20 Å². The number of H-pyrrole nitrogens is 1. The Hall–Kier alpha value is -2.70. The van der Waals surface area contributed by atoms with E-state index in [9.17, 15) is 9.18 Å². The predicted molar refractivity (Wildman–Crippen MR) is 87.0 cm³/mol. The van der Waals surface area contributed by atoms with E-state index in [0.29, 0.717) is 29.7 Å². The lowest BCUT2D eigenvalue weighted by molar-refractivity contribution is 0.0585. The normalized spacial score (nSPS) is 18.2. The highest BCUT2D eigenvalue weighted by molar-refractivity contribution is 6.05. The molecule has 0 aliphatic carbocycles. The number of aromatic amines is 1. The first-order chi connectivity index (χ1) is 11.7. The molecule has 7 heteroatoms. The Kier molecular flexibility index (Phi) is 3.76. The molecule has 1 amide bonds. The number of hydrogen-bond donors (Lipinski definition) is 1. The van der Waals surface area contributed by atoms with Gasteiger partial charge in [-0.1, -0.05) is 0 Å². The first kappa shape index (κ1) is 14.9. The Morgan fingerprint density at radius 1 is 1.38 bits per heavy atom. The Morgan fingerprint density at radius 2 is 2.29 bits per heavy atom. The van der Waals surface area contributed by atoms with Crippen molar-refractivity contribution in [3.63, 3.8) is 0 Å². The van der Waals surface area contributed by atoms with Crippen LogP contribution in [0.4, 0.5) is 4.39 Å².